The molecule has 0 saturated carbocycles. The smallest absolute Gasteiger partial charge is 0.301 e. The second-order valence-electron chi connectivity index (χ2n) is 4.60. The molecule has 1 aromatic heterocycles. The quantitative estimate of drug-likeness (QED) is 0.645. The normalized spacial score (nSPS) is 14.3. The predicted molar refractivity (Wildman–Crippen MR) is 66.8 cm³/mol. The molecule has 0 aliphatic rings. The van der Waals surface area contributed by atoms with E-state index >= 15 is 0 Å². The molecule has 102 valence electrons. The number of hydrogen-bond acceptors (Lipinski definition) is 7. The van der Waals surface area contributed by atoms with Crippen LogP contribution in [0.4, 0.5) is 5.69 Å². The first kappa shape index (κ1) is 13.2. The van der Waals surface area contributed by atoms with Crippen molar-refractivity contribution < 1.29 is 14.3 Å². The zero-order valence-electron chi connectivity index (χ0n) is 10.6. The maximum atomic E-state index is 10.8. The first-order valence-electron chi connectivity index (χ1n) is 5.76. The lowest BCUT2D eigenvalue weighted by Gasteiger charge is -2.22. The summed E-state index contributed by atoms with van der Waals surface area (Å²) in [7, 11) is 0. The van der Waals surface area contributed by atoms with Gasteiger partial charge in [0.05, 0.1) is 4.92 Å². The van der Waals surface area contributed by atoms with Crippen LogP contribution in [-0.2, 0) is 0 Å². The number of rotatable bonds is 5. The Hall–Kier alpha value is -2.22. The van der Waals surface area contributed by atoms with E-state index in [0.29, 0.717) is 5.75 Å². The number of ether oxygens (including phenoxy) is 1. The lowest BCUT2D eigenvalue weighted by Crippen LogP contribution is -2.41. The topological polar surface area (TPSA) is 117 Å². The molecule has 8 heteroatoms. The van der Waals surface area contributed by atoms with E-state index in [1.54, 1.807) is 0 Å². The molecule has 0 radical (unpaired) electrons. The molecule has 1 aromatic carbocycles. The van der Waals surface area contributed by atoms with Crippen molar-refractivity contribution in [3.8, 4) is 5.75 Å². The molecule has 2 aromatic rings. The van der Waals surface area contributed by atoms with E-state index in [1.807, 2.05) is 13.8 Å². The van der Waals surface area contributed by atoms with E-state index in [2.05, 4.69) is 14.9 Å². The van der Waals surface area contributed by atoms with Gasteiger partial charge in [-0.25, -0.2) is 4.63 Å². The third-order valence-electron chi connectivity index (χ3n) is 2.92. The number of nitrogens with two attached hydrogens (primary N) is 1. The fourth-order valence-corrected chi connectivity index (χ4v) is 1.44. The van der Waals surface area contributed by atoms with Crippen molar-refractivity contribution in [1.82, 2.24) is 10.3 Å². The Morgan fingerprint density at radius 1 is 1.47 bits per heavy atom. The Balaban J connectivity index is 2.33. The second kappa shape index (κ2) is 4.81. The van der Waals surface area contributed by atoms with Crippen LogP contribution in [0.1, 0.15) is 20.3 Å². The SMILES string of the molecule is CCC(C)(N)COc1ccc([N+](=O)[O-])c2nonc12. The summed E-state index contributed by atoms with van der Waals surface area (Å²) in [5.41, 5.74) is 5.61. The largest absolute Gasteiger partial charge is 0.489 e. The van der Waals surface area contributed by atoms with Crippen LogP contribution in [0.3, 0.4) is 0 Å². The summed E-state index contributed by atoms with van der Waals surface area (Å²) in [6, 6.07) is 2.78. The number of non-ortho nitro benzene ring substituents is 1. The van der Waals surface area contributed by atoms with Gasteiger partial charge in [-0.15, -0.1) is 0 Å². The minimum Gasteiger partial charge on any atom is -0.489 e. The van der Waals surface area contributed by atoms with Gasteiger partial charge in [-0.2, -0.15) is 0 Å². The van der Waals surface area contributed by atoms with Crippen LogP contribution in [0.5, 0.6) is 5.75 Å². The van der Waals surface area contributed by atoms with Gasteiger partial charge in [-0.05, 0) is 29.7 Å². The van der Waals surface area contributed by atoms with Gasteiger partial charge in [0.1, 0.15) is 6.61 Å². The van der Waals surface area contributed by atoms with Crippen molar-refractivity contribution in [2.75, 3.05) is 6.61 Å². The molecule has 1 unspecified atom stereocenters. The lowest BCUT2D eigenvalue weighted by molar-refractivity contribution is -0.383. The summed E-state index contributed by atoms with van der Waals surface area (Å²) in [4.78, 5) is 10.3. The molecule has 8 nitrogen and oxygen atoms in total. The molecule has 2 N–H and O–H groups in total. The van der Waals surface area contributed by atoms with Gasteiger partial charge in [0.15, 0.2) is 11.3 Å². The molecule has 0 aliphatic carbocycles. The Kier molecular flexibility index (Phi) is 3.34. The van der Waals surface area contributed by atoms with Crippen LogP contribution in [0.2, 0.25) is 0 Å². The average Bonchev–Trinajstić information content (AvgIpc) is 2.84. The van der Waals surface area contributed by atoms with E-state index in [1.165, 1.54) is 12.1 Å². The molecule has 1 heterocycles. The van der Waals surface area contributed by atoms with Crippen LogP contribution in [0, 0.1) is 10.1 Å². The van der Waals surface area contributed by atoms with Crippen LogP contribution in [-0.4, -0.2) is 27.4 Å². The molecule has 19 heavy (non-hydrogen) atoms. The third-order valence-corrected chi connectivity index (χ3v) is 2.92. The summed E-state index contributed by atoms with van der Waals surface area (Å²) >= 11 is 0. The predicted octanol–water partition coefficient (Wildman–Crippen LogP) is 1.64. The highest BCUT2D eigenvalue weighted by atomic mass is 16.6. The molecular weight excluding hydrogens is 252 g/mol. The molecular formula is C11H14N4O4. The maximum Gasteiger partial charge on any atom is 0.301 e. The van der Waals surface area contributed by atoms with Crippen molar-refractivity contribution >= 4 is 16.7 Å². The maximum absolute atomic E-state index is 10.8. The fraction of sp³-hybridized carbons (Fsp3) is 0.455. The van der Waals surface area contributed by atoms with Crippen LogP contribution in [0.15, 0.2) is 16.8 Å². The number of nitro groups is 1. The van der Waals surface area contributed by atoms with E-state index < -0.39 is 10.5 Å². The van der Waals surface area contributed by atoms with Crippen molar-refractivity contribution in [1.29, 1.82) is 0 Å². The number of aromatic nitrogens is 2. The fourth-order valence-electron chi connectivity index (χ4n) is 1.44. The Morgan fingerprint density at radius 2 is 2.16 bits per heavy atom. The molecule has 0 saturated heterocycles. The summed E-state index contributed by atoms with van der Waals surface area (Å²) < 4.78 is 10.1. The van der Waals surface area contributed by atoms with Gasteiger partial charge < -0.3 is 10.5 Å². The molecule has 0 amide bonds. The van der Waals surface area contributed by atoms with E-state index in [9.17, 15) is 10.1 Å². The van der Waals surface area contributed by atoms with Crippen molar-refractivity contribution in [3.05, 3.63) is 22.2 Å². The molecule has 2 rings (SSSR count). The Labute approximate surface area is 108 Å². The van der Waals surface area contributed by atoms with Gasteiger partial charge in [-0.1, -0.05) is 6.92 Å². The number of benzene rings is 1. The van der Waals surface area contributed by atoms with Crippen molar-refractivity contribution in [3.63, 3.8) is 0 Å². The first-order valence-corrected chi connectivity index (χ1v) is 5.76. The van der Waals surface area contributed by atoms with Crippen molar-refractivity contribution in [2.24, 2.45) is 5.73 Å². The number of hydrogen-bond donors (Lipinski definition) is 1. The van der Waals surface area contributed by atoms with Gasteiger partial charge in [0.25, 0.3) is 0 Å². The van der Waals surface area contributed by atoms with Gasteiger partial charge >= 0.3 is 5.69 Å². The second-order valence-corrected chi connectivity index (χ2v) is 4.60. The van der Waals surface area contributed by atoms with Crippen LogP contribution in [0.25, 0.3) is 11.0 Å². The summed E-state index contributed by atoms with van der Waals surface area (Å²) in [6.07, 6.45) is 0.736. The summed E-state index contributed by atoms with van der Waals surface area (Å²) in [5.74, 6) is 0.368. The first-order chi connectivity index (χ1) is 8.94. The third kappa shape index (κ3) is 2.63. The van der Waals surface area contributed by atoms with Crippen LogP contribution >= 0.6 is 0 Å². The van der Waals surface area contributed by atoms with E-state index in [4.69, 9.17) is 10.5 Å². The number of nitrogens with zero attached hydrogens (tertiary/aromatic N) is 3. The van der Waals surface area contributed by atoms with Gasteiger partial charge in [-0.3, -0.25) is 10.1 Å². The zero-order valence-corrected chi connectivity index (χ0v) is 10.6. The lowest BCUT2D eigenvalue weighted by atomic mass is 10.0. The summed E-state index contributed by atoms with van der Waals surface area (Å²) in [5, 5.41) is 18.0. The Bertz CT molecular complexity index is 608. The zero-order chi connectivity index (χ0) is 14.0. The molecule has 1 atom stereocenters. The van der Waals surface area contributed by atoms with E-state index in [0.717, 1.165) is 6.42 Å². The van der Waals surface area contributed by atoms with Gasteiger partial charge in [0.2, 0.25) is 5.52 Å². The summed E-state index contributed by atoms with van der Waals surface area (Å²) in [6.45, 7) is 4.08. The standard InChI is InChI=1S/C11H14N4O4/c1-3-11(2,12)6-18-8-5-4-7(15(16)17)9-10(8)14-19-13-9/h4-5H,3,6,12H2,1-2H3. The monoisotopic (exact) mass is 266 g/mol. The van der Waals surface area contributed by atoms with Crippen LogP contribution < -0.4 is 10.5 Å². The highest BCUT2D eigenvalue weighted by Crippen LogP contribution is 2.30. The number of fused-ring (bicyclic) bond motifs is 1. The van der Waals surface area contributed by atoms with Gasteiger partial charge in [0, 0.05) is 11.6 Å². The Morgan fingerprint density at radius 3 is 2.79 bits per heavy atom. The minimum absolute atomic E-state index is 0.0673. The minimum atomic E-state index is -0.546. The molecule has 0 bridgehead atoms. The number of nitro benzene ring substituents is 1. The molecule has 0 fully saturated rings. The average molecular weight is 266 g/mol. The van der Waals surface area contributed by atoms with Crippen molar-refractivity contribution in [2.45, 2.75) is 25.8 Å². The molecule has 0 aliphatic heterocycles. The highest BCUT2D eigenvalue weighted by Gasteiger charge is 2.22. The van der Waals surface area contributed by atoms with E-state index in [-0.39, 0.29) is 23.3 Å². The highest BCUT2D eigenvalue weighted by molar-refractivity contribution is 5.88. The molecule has 0 spiro atoms.